The second-order valence-electron chi connectivity index (χ2n) is 7.59. The van der Waals surface area contributed by atoms with Gasteiger partial charge in [0.05, 0.1) is 18.1 Å². The maximum absolute atomic E-state index is 12.8. The summed E-state index contributed by atoms with van der Waals surface area (Å²) >= 11 is 0. The molecular formula is C19H30N2O2. The van der Waals surface area contributed by atoms with Crippen LogP contribution in [0.2, 0.25) is 0 Å². The number of pyridine rings is 1. The molecule has 1 amide bonds. The van der Waals surface area contributed by atoms with Gasteiger partial charge >= 0.3 is 0 Å². The third-order valence-corrected chi connectivity index (χ3v) is 4.88. The summed E-state index contributed by atoms with van der Waals surface area (Å²) in [7, 11) is 0. The molecule has 4 nitrogen and oxygen atoms in total. The molecule has 0 saturated carbocycles. The van der Waals surface area contributed by atoms with E-state index in [0.717, 1.165) is 24.9 Å². The molecule has 4 heteroatoms. The van der Waals surface area contributed by atoms with E-state index in [-0.39, 0.29) is 23.8 Å². The number of hydrogen-bond donors (Lipinski definition) is 1. The van der Waals surface area contributed by atoms with Gasteiger partial charge in [0.25, 0.3) is 0 Å². The molecule has 1 saturated heterocycles. The van der Waals surface area contributed by atoms with Gasteiger partial charge in [0.15, 0.2) is 0 Å². The summed E-state index contributed by atoms with van der Waals surface area (Å²) in [6.45, 7) is 9.22. The van der Waals surface area contributed by atoms with Crippen LogP contribution in [-0.2, 0) is 4.79 Å². The molecule has 1 aromatic rings. The average Bonchev–Trinajstić information content (AvgIpc) is 2.46. The molecule has 1 aliphatic heterocycles. The number of rotatable bonds is 7. The Kier molecular flexibility index (Phi) is 5.45. The molecule has 0 aliphatic carbocycles. The van der Waals surface area contributed by atoms with Gasteiger partial charge in [-0.2, -0.15) is 0 Å². The van der Waals surface area contributed by atoms with Crippen LogP contribution in [0, 0.1) is 5.41 Å². The van der Waals surface area contributed by atoms with Crippen molar-refractivity contribution in [2.24, 2.45) is 5.41 Å². The lowest BCUT2D eigenvalue weighted by atomic mass is 9.71. The summed E-state index contributed by atoms with van der Waals surface area (Å²) in [6.07, 6.45) is 6.93. The highest BCUT2D eigenvalue weighted by molar-refractivity contribution is 5.79. The van der Waals surface area contributed by atoms with Crippen molar-refractivity contribution in [3.8, 4) is 0 Å². The summed E-state index contributed by atoms with van der Waals surface area (Å²) in [5, 5.41) is 10.8. The van der Waals surface area contributed by atoms with Crippen molar-refractivity contribution in [2.75, 3.05) is 6.54 Å². The normalized spacial score (nSPS) is 20.2. The fourth-order valence-corrected chi connectivity index (χ4v) is 3.95. The van der Waals surface area contributed by atoms with Crippen LogP contribution in [0.3, 0.4) is 0 Å². The van der Waals surface area contributed by atoms with Crippen molar-refractivity contribution in [1.82, 2.24) is 9.88 Å². The zero-order valence-electron chi connectivity index (χ0n) is 14.9. The molecule has 1 N–H and O–H groups in total. The largest absolute Gasteiger partial charge is 0.389 e. The van der Waals surface area contributed by atoms with Crippen molar-refractivity contribution < 1.29 is 9.90 Å². The molecule has 0 bridgehead atoms. The van der Waals surface area contributed by atoms with E-state index in [1.807, 2.05) is 17.0 Å². The van der Waals surface area contributed by atoms with Gasteiger partial charge in [0, 0.05) is 24.4 Å². The second-order valence-corrected chi connectivity index (χ2v) is 7.59. The Labute approximate surface area is 139 Å². The van der Waals surface area contributed by atoms with Gasteiger partial charge in [0.1, 0.15) is 0 Å². The van der Waals surface area contributed by atoms with Gasteiger partial charge in [-0.05, 0) is 30.5 Å². The SMILES string of the molecule is CCCC(O)(CCC)CC(=O)N1CC(C)(C)C1c1ccncc1. The quantitative estimate of drug-likeness (QED) is 0.834. The monoisotopic (exact) mass is 318 g/mol. The van der Waals surface area contributed by atoms with Crippen LogP contribution in [0.1, 0.15) is 71.4 Å². The number of carbonyl (C=O) groups is 1. The molecule has 0 aromatic carbocycles. The first kappa shape index (κ1) is 17.9. The van der Waals surface area contributed by atoms with E-state index in [0.29, 0.717) is 12.8 Å². The predicted molar refractivity (Wildman–Crippen MR) is 91.9 cm³/mol. The molecule has 1 aliphatic rings. The number of aromatic nitrogens is 1. The highest BCUT2D eigenvalue weighted by atomic mass is 16.3. The molecule has 1 unspecified atom stereocenters. The van der Waals surface area contributed by atoms with E-state index in [9.17, 15) is 9.90 Å². The number of hydrogen-bond acceptors (Lipinski definition) is 3. The minimum absolute atomic E-state index is 0.0602. The van der Waals surface area contributed by atoms with Crippen LogP contribution >= 0.6 is 0 Å². The summed E-state index contributed by atoms with van der Waals surface area (Å²) in [5.74, 6) is 0.0653. The summed E-state index contributed by atoms with van der Waals surface area (Å²) in [5.41, 5.74) is 0.326. The van der Waals surface area contributed by atoms with E-state index >= 15 is 0 Å². The highest BCUT2D eigenvalue weighted by Crippen LogP contribution is 2.48. The van der Waals surface area contributed by atoms with Crippen molar-refractivity contribution in [3.63, 3.8) is 0 Å². The van der Waals surface area contributed by atoms with E-state index in [1.54, 1.807) is 12.4 Å². The number of aliphatic hydroxyl groups is 1. The molecule has 0 spiro atoms. The van der Waals surface area contributed by atoms with Crippen LogP contribution in [0.15, 0.2) is 24.5 Å². The number of nitrogens with zero attached hydrogens (tertiary/aromatic N) is 2. The molecule has 23 heavy (non-hydrogen) atoms. The smallest absolute Gasteiger partial charge is 0.226 e. The first-order valence-electron chi connectivity index (χ1n) is 8.75. The summed E-state index contributed by atoms with van der Waals surface area (Å²) < 4.78 is 0. The van der Waals surface area contributed by atoms with Crippen molar-refractivity contribution in [2.45, 2.75) is 71.4 Å². The zero-order valence-corrected chi connectivity index (χ0v) is 14.9. The van der Waals surface area contributed by atoms with Crippen LogP contribution in [0.4, 0.5) is 0 Å². The molecule has 1 atom stereocenters. The lowest BCUT2D eigenvalue weighted by Crippen LogP contribution is -2.58. The lowest BCUT2D eigenvalue weighted by molar-refractivity contribution is -0.158. The average molecular weight is 318 g/mol. The minimum atomic E-state index is -0.858. The van der Waals surface area contributed by atoms with Crippen molar-refractivity contribution in [1.29, 1.82) is 0 Å². The van der Waals surface area contributed by atoms with Gasteiger partial charge < -0.3 is 10.0 Å². The number of amides is 1. The highest BCUT2D eigenvalue weighted by Gasteiger charge is 2.49. The molecule has 2 rings (SSSR count). The Hall–Kier alpha value is -1.42. The van der Waals surface area contributed by atoms with Gasteiger partial charge in [0.2, 0.25) is 5.91 Å². The molecule has 0 radical (unpaired) electrons. The van der Waals surface area contributed by atoms with Crippen molar-refractivity contribution >= 4 is 5.91 Å². The van der Waals surface area contributed by atoms with Gasteiger partial charge in [-0.3, -0.25) is 9.78 Å². The summed E-state index contributed by atoms with van der Waals surface area (Å²) in [6, 6.07) is 4.04. The van der Waals surface area contributed by atoms with Crippen LogP contribution < -0.4 is 0 Å². The van der Waals surface area contributed by atoms with Gasteiger partial charge in [-0.1, -0.05) is 40.5 Å². The lowest BCUT2D eigenvalue weighted by Gasteiger charge is -2.55. The first-order valence-corrected chi connectivity index (χ1v) is 8.75. The second kappa shape index (κ2) is 7.00. The standard InChI is InChI=1S/C19H30N2O2/c1-5-9-19(23,10-6-2)13-16(22)21-14-18(3,4)17(21)15-7-11-20-12-8-15/h7-8,11-12,17,23H,5-6,9-10,13-14H2,1-4H3. The molecule has 1 aromatic heterocycles. The third kappa shape index (κ3) is 3.92. The van der Waals surface area contributed by atoms with Crippen molar-refractivity contribution in [3.05, 3.63) is 30.1 Å². The number of carbonyl (C=O) groups excluding carboxylic acids is 1. The van der Waals surface area contributed by atoms with E-state index in [2.05, 4.69) is 32.7 Å². The third-order valence-electron chi connectivity index (χ3n) is 4.88. The Morgan fingerprint density at radius 2 is 1.87 bits per heavy atom. The topological polar surface area (TPSA) is 53.4 Å². The zero-order chi connectivity index (χ0) is 17.1. The maximum atomic E-state index is 12.8. The Morgan fingerprint density at radius 1 is 1.30 bits per heavy atom. The first-order chi connectivity index (χ1) is 10.8. The Bertz CT molecular complexity index is 521. The van der Waals surface area contributed by atoms with E-state index in [1.165, 1.54) is 0 Å². The van der Waals surface area contributed by atoms with Crippen LogP contribution in [0.5, 0.6) is 0 Å². The Balaban J connectivity index is 2.13. The van der Waals surface area contributed by atoms with Crippen LogP contribution in [-0.4, -0.2) is 33.0 Å². The van der Waals surface area contributed by atoms with E-state index in [4.69, 9.17) is 0 Å². The van der Waals surface area contributed by atoms with E-state index < -0.39 is 5.60 Å². The minimum Gasteiger partial charge on any atom is -0.389 e. The predicted octanol–water partition coefficient (Wildman–Crippen LogP) is 3.71. The number of likely N-dealkylation sites (tertiary alicyclic amines) is 1. The fourth-order valence-electron chi connectivity index (χ4n) is 3.95. The van der Waals surface area contributed by atoms with Gasteiger partial charge in [-0.25, -0.2) is 0 Å². The van der Waals surface area contributed by atoms with Gasteiger partial charge in [-0.15, -0.1) is 0 Å². The molecule has 1 fully saturated rings. The molecule has 128 valence electrons. The Morgan fingerprint density at radius 3 is 2.35 bits per heavy atom. The fraction of sp³-hybridized carbons (Fsp3) is 0.684. The molecule has 2 heterocycles. The maximum Gasteiger partial charge on any atom is 0.226 e. The van der Waals surface area contributed by atoms with Crippen LogP contribution in [0.25, 0.3) is 0 Å². The summed E-state index contributed by atoms with van der Waals surface area (Å²) in [4.78, 5) is 18.8. The molecular weight excluding hydrogens is 288 g/mol.